The fourth-order valence-corrected chi connectivity index (χ4v) is 4.03. The summed E-state index contributed by atoms with van der Waals surface area (Å²) < 4.78 is 11.3. The SMILES string of the molecule is CCCOC(=O)[C@@H]1[C@@H]2C=C[C@@]3(CN(c4ccc(Cl)cc4)C(=O)[C@@H]13)O2. The van der Waals surface area contributed by atoms with Crippen molar-refractivity contribution in [2.24, 2.45) is 11.8 Å². The van der Waals surface area contributed by atoms with Gasteiger partial charge in [-0.05, 0) is 30.7 Å². The van der Waals surface area contributed by atoms with Crippen LogP contribution in [-0.4, -0.2) is 36.7 Å². The molecule has 126 valence electrons. The molecule has 5 nitrogen and oxygen atoms in total. The van der Waals surface area contributed by atoms with Gasteiger partial charge in [0.25, 0.3) is 0 Å². The van der Waals surface area contributed by atoms with Crippen LogP contribution in [0.15, 0.2) is 36.4 Å². The topological polar surface area (TPSA) is 55.8 Å². The lowest BCUT2D eigenvalue weighted by atomic mass is 9.77. The van der Waals surface area contributed by atoms with E-state index in [4.69, 9.17) is 21.1 Å². The summed E-state index contributed by atoms with van der Waals surface area (Å²) in [6, 6.07) is 7.10. The maximum Gasteiger partial charge on any atom is 0.312 e. The molecule has 4 rings (SSSR count). The minimum absolute atomic E-state index is 0.0948. The average Bonchev–Trinajstić information content (AvgIpc) is 3.22. The van der Waals surface area contributed by atoms with Gasteiger partial charge < -0.3 is 14.4 Å². The predicted octanol–water partition coefficient (Wildman–Crippen LogP) is 2.58. The Kier molecular flexibility index (Phi) is 3.66. The monoisotopic (exact) mass is 347 g/mol. The molecule has 4 atom stereocenters. The van der Waals surface area contributed by atoms with Gasteiger partial charge in [-0.15, -0.1) is 0 Å². The van der Waals surface area contributed by atoms with E-state index in [9.17, 15) is 9.59 Å². The number of fused-ring (bicyclic) bond motifs is 1. The highest BCUT2D eigenvalue weighted by Crippen LogP contribution is 2.52. The van der Waals surface area contributed by atoms with Crippen LogP contribution in [-0.2, 0) is 19.1 Å². The summed E-state index contributed by atoms with van der Waals surface area (Å²) in [6.07, 6.45) is 4.20. The van der Waals surface area contributed by atoms with E-state index in [1.54, 1.807) is 29.2 Å². The van der Waals surface area contributed by atoms with Gasteiger partial charge in [0.15, 0.2) is 0 Å². The Balaban J connectivity index is 1.64. The summed E-state index contributed by atoms with van der Waals surface area (Å²) in [5.74, 6) is -1.52. The fourth-order valence-electron chi connectivity index (χ4n) is 3.91. The maximum atomic E-state index is 13.0. The molecule has 0 aliphatic carbocycles. The first-order valence-electron chi connectivity index (χ1n) is 8.16. The van der Waals surface area contributed by atoms with E-state index in [0.29, 0.717) is 18.2 Å². The van der Waals surface area contributed by atoms with E-state index in [0.717, 1.165) is 12.1 Å². The predicted molar refractivity (Wildman–Crippen MR) is 88.8 cm³/mol. The van der Waals surface area contributed by atoms with Gasteiger partial charge >= 0.3 is 5.97 Å². The lowest BCUT2D eigenvalue weighted by molar-refractivity contribution is -0.152. The van der Waals surface area contributed by atoms with Gasteiger partial charge in [0.2, 0.25) is 5.91 Å². The number of carbonyl (C=O) groups excluding carboxylic acids is 2. The summed E-state index contributed by atoms with van der Waals surface area (Å²) in [6.45, 7) is 2.71. The summed E-state index contributed by atoms with van der Waals surface area (Å²) in [5, 5.41) is 0.613. The first-order valence-corrected chi connectivity index (χ1v) is 8.54. The molecule has 3 aliphatic rings. The number of hydrogen-bond acceptors (Lipinski definition) is 4. The van der Waals surface area contributed by atoms with Gasteiger partial charge in [0.05, 0.1) is 25.2 Å². The molecular weight excluding hydrogens is 330 g/mol. The molecule has 0 radical (unpaired) electrons. The normalized spacial score (nSPS) is 33.2. The second kappa shape index (κ2) is 5.60. The molecule has 2 saturated heterocycles. The van der Waals surface area contributed by atoms with Crippen molar-refractivity contribution in [3.8, 4) is 0 Å². The highest BCUT2D eigenvalue weighted by molar-refractivity contribution is 6.30. The van der Waals surface area contributed by atoms with Crippen LogP contribution in [0.1, 0.15) is 13.3 Å². The Bertz CT molecular complexity index is 716. The molecule has 2 fully saturated rings. The van der Waals surface area contributed by atoms with Gasteiger partial charge in [-0.25, -0.2) is 0 Å². The molecule has 0 aromatic heterocycles. The molecule has 1 amide bonds. The number of carbonyl (C=O) groups is 2. The molecule has 3 heterocycles. The van der Waals surface area contributed by atoms with Crippen molar-refractivity contribution < 1.29 is 19.1 Å². The third-order valence-corrected chi connectivity index (χ3v) is 5.21. The standard InChI is InChI=1S/C18H18ClNO4/c1-2-9-23-17(22)14-13-7-8-18(24-13)10-20(16(21)15(14)18)12-5-3-11(19)4-6-12/h3-8,13-15H,2,9-10H2,1H3/t13-,14+,15+,18-/m0/s1. The van der Waals surface area contributed by atoms with Crippen molar-refractivity contribution in [2.75, 3.05) is 18.1 Å². The molecule has 1 aromatic rings. The second-order valence-corrected chi connectivity index (χ2v) is 6.90. The molecule has 6 heteroatoms. The molecule has 0 unspecified atom stereocenters. The Labute approximate surface area is 145 Å². The molecule has 1 aromatic carbocycles. The Morgan fingerprint density at radius 2 is 2.17 bits per heavy atom. The number of hydrogen-bond donors (Lipinski definition) is 0. The zero-order valence-corrected chi connectivity index (χ0v) is 14.0. The van der Waals surface area contributed by atoms with Gasteiger partial charge in [-0.3, -0.25) is 9.59 Å². The molecule has 1 spiro atoms. The van der Waals surface area contributed by atoms with Gasteiger partial charge in [-0.2, -0.15) is 0 Å². The number of halogens is 1. The molecule has 0 saturated carbocycles. The van der Waals surface area contributed by atoms with Crippen LogP contribution < -0.4 is 4.90 Å². The van der Waals surface area contributed by atoms with Crippen LogP contribution in [0.25, 0.3) is 0 Å². The smallest absolute Gasteiger partial charge is 0.312 e. The number of amides is 1. The van der Waals surface area contributed by atoms with Crippen molar-refractivity contribution in [1.82, 2.24) is 0 Å². The number of ether oxygens (including phenoxy) is 2. The molecule has 24 heavy (non-hydrogen) atoms. The van der Waals surface area contributed by atoms with Crippen molar-refractivity contribution in [1.29, 1.82) is 0 Å². The molecule has 2 bridgehead atoms. The molecule has 0 N–H and O–H groups in total. The Hall–Kier alpha value is -1.85. The molecule has 3 aliphatic heterocycles. The zero-order valence-electron chi connectivity index (χ0n) is 13.3. The van der Waals surface area contributed by atoms with E-state index in [1.165, 1.54) is 0 Å². The lowest BCUT2D eigenvalue weighted by Crippen LogP contribution is -2.40. The van der Waals surface area contributed by atoms with Crippen LogP contribution in [0.4, 0.5) is 5.69 Å². The van der Waals surface area contributed by atoms with Crippen LogP contribution in [0.3, 0.4) is 0 Å². The van der Waals surface area contributed by atoms with Crippen LogP contribution >= 0.6 is 11.6 Å². The van der Waals surface area contributed by atoms with Crippen LogP contribution in [0.5, 0.6) is 0 Å². The van der Waals surface area contributed by atoms with E-state index < -0.39 is 17.4 Å². The van der Waals surface area contributed by atoms with Crippen molar-refractivity contribution >= 4 is 29.2 Å². The van der Waals surface area contributed by atoms with Crippen molar-refractivity contribution in [3.05, 3.63) is 41.4 Å². The lowest BCUT2D eigenvalue weighted by Gasteiger charge is -2.22. The fraction of sp³-hybridized carbons (Fsp3) is 0.444. The highest BCUT2D eigenvalue weighted by Gasteiger charge is 2.67. The second-order valence-electron chi connectivity index (χ2n) is 6.47. The first-order chi connectivity index (χ1) is 11.6. The largest absolute Gasteiger partial charge is 0.465 e. The van der Waals surface area contributed by atoms with Crippen LogP contribution in [0, 0.1) is 11.8 Å². The highest BCUT2D eigenvalue weighted by atomic mass is 35.5. The molecular formula is C18H18ClNO4. The van der Waals surface area contributed by atoms with Crippen molar-refractivity contribution in [3.63, 3.8) is 0 Å². The number of anilines is 1. The average molecular weight is 348 g/mol. The summed E-state index contributed by atoms with van der Waals surface area (Å²) in [7, 11) is 0. The zero-order chi connectivity index (χ0) is 16.9. The minimum atomic E-state index is -0.725. The van der Waals surface area contributed by atoms with E-state index >= 15 is 0 Å². The van der Waals surface area contributed by atoms with E-state index in [2.05, 4.69) is 0 Å². The third kappa shape index (κ3) is 2.19. The first kappa shape index (κ1) is 15.7. The summed E-state index contributed by atoms with van der Waals surface area (Å²) in [5.41, 5.74) is 0.0337. The number of nitrogens with zero attached hydrogens (tertiary/aromatic N) is 1. The van der Waals surface area contributed by atoms with Crippen LogP contribution in [0.2, 0.25) is 5.02 Å². The number of rotatable bonds is 4. The third-order valence-electron chi connectivity index (χ3n) is 4.96. The van der Waals surface area contributed by atoms with Gasteiger partial charge in [0, 0.05) is 10.7 Å². The number of esters is 1. The van der Waals surface area contributed by atoms with E-state index in [-0.39, 0.29) is 18.0 Å². The maximum absolute atomic E-state index is 13.0. The minimum Gasteiger partial charge on any atom is -0.465 e. The van der Waals surface area contributed by atoms with Gasteiger partial charge in [0.1, 0.15) is 11.5 Å². The van der Waals surface area contributed by atoms with E-state index in [1.807, 2.05) is 19.1 Å². The quantitative estimate of drug-likeness (QED) is 0.620. The summed E-state index contributed by atoms with van der Waals surface area (Å²) in [4.78, 5) is 27.1. The van der Waals surface area contributed by atoms with Gasteiger partial charge in [-0.1, -0.05) is 30.7 Å². The number of benzene rings is 1. The summed E-state index contributed by atoms with van der Waals surface area (Å²) >= 11 is 5.92. The Morgan fingerprint density at radius 3 is 2.88 bits per heavy atom. The van der Waals surface area contributed by atoms with Crippen molar-refractivity contribution in [2.45, 2.75) is 25.0 Å². The Morgan fingerprint density at radius 1 is 1.42 bits per heavy atom.